The number of fused-ring (bicyclic) bond motifs is 1. The molecule has 6 heteroatoms. The largest absolute Gasteiger partial charge is 0.457 e. The first-order valence-electron chi connectivity index (χ1n) is 11.1. The summed E-state index contributed by atoms with van der Waals surface area (Å²) in [5.41, 5.74) is 2.35. The van der Waals surface area contributed by atoms with E-state index >= 15 is 0 Å². The van der Waals surface area contributed by atoms with Crippen molar-refractivity contribution in [1.82, 2.24) is 4.90 Å². The molecule has 6 nitrogen and oxygen atoms in total. The molecule has 3 amide bonds. The van der Waals surface area contributed by atoms with E-state index in [1.54, 1.807) is 48.5 Å². The summed E-state index contributed by atoms with van der Waals surface area (Å²) in [4.78, 5) is 40.1. The van der Waals surface area contributed by atoms with Gasteiger partial charge in [-0.05, 0) is 67.4 Å². The van der Waals surface area contributed by atoms with Crippen molar-refractivity contribution < 1.29 is 19.1 Å². The quantitative estimate of drug-likeness (QED) is 0.462. The molecule has 0 spiro atoms. The Morgan fingerprint density at radius 3 is 2.18 bits per heavy atom. The average molecular weight is 443 g/mol. The number of nitrogens with zero attached hydrogens (tertiary/aromatic N) is 1. The van der Waals surface area contributed by atoms with Crippen molar-refractivity contribution >= 4 is 23.4 Å². The highest BCUT2D eigenvalue weighted by Crippen LogP contribution is 2.28. The SMILES string of the molecule is CCCCC(C(=O)Nc1ccc(Oc2cccc(C)c2)cc1)N1C(=O)c2ccccc2C1=O. The highest BCUT2D eigenvalue weighted by atomic mass is 16.5. The van der Waals surface area contributed by atoms with Gasteiger partial charge in [0.05, 0.1) is 11.1 Å². The van der Waals surface area contributed by atoms with Gasteiger partial charge in [0.2, 0.25) is 5.91 Å². The van der Waals surface area contributed by atoms with Gasteiger partial charge in [-0.15, -0.1) is 0 Å². The van der Waals surface area contributed by atoms with Crippen LogP contribution in [0.25, 0.3) is 0 Å². The van der Waals surface area contributed by atoms with Gasteiger partial charge in [-0.25, -0.2) is 0 Å². The van der Waals surface area contributed by atoms with Crippen molar-refractivity contribution in [2.24, 2.45) is 0 Å². The summed E-state index contributed by atoms with van der Waals surface area (Å²) >= 11 is 0. The fourth-order valence-electron chi connectivity index (χ4n) is 3.91. The summed E-state index contributed by atoms with van der Waals surface area (Å²) in [6, 6.07) is 20.6. The first-order valence-corrected chi connectivity index (χ1v) is 11.1. The molecule has 0 saturated heterocycles. The summed E-state index contributed by atoms with van der Waals surface area (Å²) in [7, 11) is 0. The minimum Gasteiger partial charge on any atom is -0.457 e. The molecule has 1 heterocycles. The molecule has 0 fully saturated rings. The van der Waals surface area contributed by atoms with E-state index in [0.717, 1.165) is 29.1 Å². The first kappa shape index (κ1) is 22.3. The topological polar surface area (TPSA) is 75.7 Å². The number of ether oxygens (including phenoxy) is 1. The number of benzene rings is 3. The van der Waals surface area contributed by atoms with Crippen molar-refractivity contribution in [3.63, 3.8) is 0 Å². The third kappa shape index (κ3) is 4.80. The second-order valence-electron chi connectivity index (χ2n) is 8.12. The summed E-state index contributed by atoms with van der Waals surface area (Å²) in [6.45, 7) is 4.00. The van der Waals surface area contributed by atoms with Crippen LogP contribution in [0.15, 0.2) is 72.8 Å². The maximum atomic E-state index is 13.2. The lowest BCUT2D eigenvalue weighted by atomic mass is 10.1. The standard InChI is InChI=1S/C27H26N2O4/c1-3-4-12-24(29-26(31)22-10-5-6-11-23(22)27(29)32)25(30)28-19-13-15-20(16-14-19)33-21-9-7-8-18(2)17-21/h5-11,13-17,24H,3-4,12H2,1-2H3,(H,28,30). The lowest BCUT2D eigenvalue weighted by molar-refractivity contribution is -0.120. The predicted molar refractivity (Wildman–Crippen MR) is 127 cm³/mol. The molecule has 0 aromatic heterocycles. The van der Waals surface area contributed by atoms with Gasteiger partial charge in [-0.1, -0.05) is 44.0 Å². The zero-order valence-electron chi connectivity index (χ0n) is 18.7. The molecular weight excluding hydrogens is 416 g/mol. The van der Waals surface area contributed by atoms with E-state index in [0.29, 0.717) is 29.0 Å². The number of hydrogen-bond acceptors (Lipinski definition) is 4. The van der Waals surface area contributed by atoms with E-state index in [1.807, 2.05) is 38.1 Å². The second kappa shape index (κ2) is 9.69. The van der Waals surface area contributed by atoms with Crippen molar-refractivity contribution in [2.75, 3.05) is 5.32 Å². The van der Waals surface area contributed by atoms with Gasteiger partial charge in [-0.2, -0.15) is 0 Å². The Morgan fingerprint density at radius 2 is 1.58 bits per heavy atom. The highest BCUT2D eigenvalue weighted by Gasteiger charge is 2.42. The molecule has 168 valence electrons. The molecule has 1 N–H and O–H groups in total. The van der Waals surface area contributed by atoms with E-state index in [4.69, 9.17) is 4.74 Å². The normalized spacial score (nSPS) is 13.6. The number of anilines is 1. The van der Waals surface area contributed by atoms with Crippen LogP contribution in [0.3, 0.4) is 0 Å². The molecule has 0 aliphatic carbocycles. The van der Waals surface area contributed by atoms with Crippen LogP contribution in [0, 0.1) is 6.92 Å². The number of aryl methyl sites for hydroxylation is 1. The molecule has 33 heavy (non-hydrogen) atoms. The van der Waals surface area contributed by atoms with E-state index in [1.165, 1.54) is 0 Å². The van der Waals surface area contributed by atoms with Gasteiger partial charge in [0, 0.05) is 5.69 Å². The number of unbranched alkanes of at least 4 members (excludes halogenated alkanes) is 1. The summed E-state index contributed by atoms with van der Waals surface area (Å²) in [5.74, 6) is 0.145. The smallest absolute Gasteiger partial charge is 0.262 e. The summed E-state index contributed by atoms with van der Waals surface area (Å²) in [6.07, 6.45) is 1.97. The molecule has 4 rings (SSSR count). The number of carbonyl (C=O) groups excluding carboxylic acids is 3. The van der Waals surface area contributed by atoms with Gasteiger partial charge < -0.3 is 10.1 Å². The lowest BCUT2D eigenvalue weighted by Crippen LogP contribution is -2.47. The van der Waals surface area contributed by atoms with E-state index in [9.17, 15) is 14.4 Å². The van der Waals surface area contributed by atoms with Crippen molar-refractivity contribution in [3.05, 3.63) is 89.5 Å². The number of imide groups is 1. The molecule has 0 saturated carbocycles. The van der Waals surface area contributed by atoms with Crippen LogP contribution in [0.1, 0.15) is 52.5 Å². The minimum atomic E-state index is -0.874. The molecule has 3 aromatic rings. The first-order chi connectivity index (χ1) is 16.0. The number of hydrogen-bond donors (Lipinski definition) is 1. The van der Waals surface area contributed by atoms with Gasteiger partial charge in [0.25, 0.3) is 11.8 Å². The summed E-state index contributed by atoms with van der Waals surface area (Å²) < 4.78 is 5.85. The predicted octanol–water partition coefficient (Wildman–Crippen LogP) is 5.58. The number of nitrogens with one attached hydrogen (secondary N) is 1. The Morgan fingerprint density at radius 1 is 0.909 bits per heavy atom. The molecule has 1 unspecified atom stereocenters. The maximum Gasteiger partial charge on any atom is 0.262 e. The Hall–Kier alpha value is -3.93. The van der Waals surface area contributed by atoms with Crippen molar-refractivity contribution in [3.8, 4) is 11.5 Å². The molecule has 1 aliphatic heterocycles. The number of amides is 3. The fourth-order valence-corrected chi connectivity index (χ4v) is 3.91. The molecule has 1 atom stereocenters. The van der Waals surface area contributed by atoms with E-state index in [-0.39, 0.29) is 5.91 Å². The van der Waals surface area contributed by atoms with Gasteiger partial charge in [0.15, 0.2) is 0 Å². The third-order valence-electron chi connectivity index (χ3n) is 5.62. The lowest BCUT2D eigenvalue weighted by Gasteiger charge is -2.25. The zero-order chi connectivity index (χ0) is 23.4. The van der Waals surface area contributed by atoms with Crippen LogP contribution in [0.5, 0.6) is 11.5 Å². The van der Waals surface area contributed by atoms with Crippen LogP contribution < -0.4 is 10.1 Å². The number of rotatable bonds is 8. The fraction of sp³-hybridized carbons (Fsp3) is 0.222. The Bertz CT molecular complexity index is 1150. The highest BCUT2D eigenvalue weighted by molar-refractivity contribution is 6.23. The van der Waals surface area contributed by atoms with Gasteiger partial charge in [0.1, 0.15) is 17.5 Å². The zero-order valence-corrected chi connectivity index (χ0v) is 18.7. The van der Waals surface area contributed by atoms with Crippen LogP contribution in [0.4, 0.5) is 5.69 Å². The second-order valence-corrected chi connectivity index (χ2v) is 8.12. The van der Waals surface area contributed by atoms with Gasteiger partial charge in [-0.3, -0.25) is 19.3 Å². The van der Waals surface area contributed by atoms with E-state index < -0.39 is 17.9 Å². The summed E-state index contributed by atoms with van der Waals surface area (Å²) in [5, 5.41) is 2.86. The third-order valence-corrected chi connectivity index (χ3v) is 5.62. The van der Waals surface area contributed by atoms with Crippen LogP contribution in [-0.4, -0.2) is 28.7 Å². The molecular formula is C27H26N2O4. The van der Waals surface area contributed by atoms with Crippen molar-refractivity contribution in [1.29, 1.82) is 0 Å². The van der Waals surface area contributed by atoms with E-state index in [2.05, 4.69) is 5.32 Å². The molecule has 0 bridgehead atoms. The average Bonchev–Trinajstić information content (AvgIpc) is 3.06. The van der Waals surface area contributed by atoms with Crippen LogP contribution >= 0.6 is 0 Å². The molecule has 0 radical (unpaired) electrons. The van der Waals surface area contributed by atoms with Gasteiger partial charge >= 0.3 is 0 Å². The van der Waals surface area contributed by atoms with Crippen LogP contribution in [0.2, 0.25) is 0 Å². The molecule has 1 aliphatic rings. The minimum absolute atomic E-state index is 0.342. The maximum absolute atomic E-state index is 13.2. The monoisotopic (exact) mass is 442 g/mol. The van der Waals surface area contributed by atoms with Crippen molar-refractivity contribution in [2.45, 2.75) is 39.2 Å². The van der Waals surface area contributed by atoms with Crippen LogP contribution in [-0.2, 0) is 4.79 Å². The molecule has 3 aromatic carbocycles. The Balaban J connectivity index is 1.49. The number of carbonyl (C=O) groups is 3. The Kier molecular flexibility index (Phi) is 6.54. The Labute approximate surface area is 193 Å².